The normalized spacial score (nSPS) is 10.9. The highest BCUT2D eigenvalue weighted by Crippen LogP contribution is 2.13. The van der Waals surface area contributed by atoms with E-state index in [1.165, 1.54) is 16.7 Å². The summed E-state index contributed by atoms with van der Waals surface area (Å²) in [5.41, 5.74) is 3.91. The molecule has 0 radical (unpaired) electrons. The number of aryl methyl sites for hydroxylation is 1. The Hall–Kier alpha value is -1.64. The van der Waals surface area contributed by atoms with Gasteiger partial charge in [0.05, 0.1) is 6.61 Å². The van der Waals surface area contributed by atoms with E-state index in [1.54, 1.807) is 0 Å². The summed E-state index contributed by atoms with van der Waals surface area (Å²) in [5, 5.41) is 9.22. The number of benzene rings is 2. The van der Waals surface area contributed by atoms with Gasteiger partial charge in [0, 0.05) is 19.6 Å². The molecule has 0 aliphatic heterocycles. The van der Waals surface area contributed by atoms with E-state index in [4.69, 9.17) is 0 Å². The van der Waals surface area contributed by atoms with Gasteiger partial charge in [-0.25, -0.2) is 0 Å². The van der Waals surface area contributed by atoms with Gasteiger partial charge in [0.25, 0.3) is 0 Å². The molecular formula is C17H21NO. The molecular weight excluding hydrogens is 234 g/mol. The lowest BCUT2D eigenvalue weighted by Crippen LogP contribution is -2.26. The third kappa shape index (κ3) is 4.19. The van der Waals surface area contributed by atoms with Crippen LogP contribution in [0.25, 0.3) is 0 Å². The summed E-state index contributed by atoms with van der Waals surface area (Å²) < 4.78 is 0. The van der Waals surface area contributed by atoms with Crippen LogP contribution in [-0.2, 0) is 13.1 Å². The van der Waals surface area contributed by atoms with Crippen LogP contribution in [-0.4, -0.2) is 23.2 Å². The zero-order valence-electron chi connectivity index (χ0n) is 11.4. The molecule has 0 spiro atoms. The summed E-state index contributed by atoms with van der Waals surface area (Å²) in [6, 6.07) is 18.8. The van der Waals surface area contributed by atoms with Gasteiger partial charge in [-0.15, -0.1) is 0 Å². The van der Waals surface area contributed by atoms with Crippen molar-refractivity contribution in [2.24, 2.45) is 0 Å². The predicted molar refractivity (Wildman–Crippen MR) is 78.8 cm³/mol. The van der Waals surface area contributed by atoms with Gasteiger partial charge in [0.1, 0.15) is 0 Å². The SMILES string of the molecule is Cc1ccccc1CN(CCO)Cc1ccccc1. The maximum atomic E-state index is 9.22. The molecule has 0 bridgehead atoms. The summed E-state index contributed by atoms with van der Waals surface area (Å²) in [6.07, 6.45) is 0. The van der Waals surface area contributed by atoms with Crippen LogP contribution < -0.4 is 0 Å². The summed E-state index contributed by atoms with van der Waals surface area (Å²) in [5.74, 6) is 0. The first-order valence-corrected chi connectivity index (χ1v) is 6.71. The van der Waals surface area contributed by atoms with Crippen LogP contribution in [0, 0.1) is 6.92 Å². The van der Waals surface area contributed by atoms with Crippen molar-refractivity contribution in [1.29, 1.82) is 0 Å². The fourth-order valence-electron chi connectivity index (χ4n) is 2.23. The number of nitrogens with zero attached hydrogens (tertiary/aromatic N) is 1. The topological polar surface area (TPSA) is 23.5 Å². The number of hydrogen-bond acceptors (Lipinski definition) is 2. The van der Waals surface area contributed by atoms with E-state index in [2.05, 4.69) is 60.4 Å². The minimum Gasteiger partial charge on any atom is -0.395 e. The molecule has 19 heavy (non-hydrogen) atoms. The molecule has 0 aliphatic rings. The first-order chi connectivity index (χ1) is 9.29. The Morgan fingerprint density at radius 1 is 0.895 bits per heavy atom. The first kappa shape index (κ1) is 13.8. The zero-order chi connectivity index (χ0) is 13.5. The zero-order valence-corrected chi connectivity index (χ0v) is 11.4. The summed E-state index contributed by atoms with van der Waals surface area (Å²) in [4.78, 5) is 2.28. The minimum absolute atomic E-state index is 0.193. The van der Waals surface area contributed by atoms with Crippen molar-refractivity contribution in [1.82, 2.24) is 4.90 Å². The molecule has 2 heteroatoms. The Kier molecular flexibility index (Phi) is 5.13. The quantitative estimate of drug-likeness (QED) is 0.857. The average molecular weight is 255 g/mol. The first-order valence-electron chi connectivity index (χ1n) is 6.71. The van der Waals surface area contributed by atoms with E-state index in [0.29, 0.717) is 6.54 Å². The maximum absolute atomic E-state index is 9.22. The summed E-state index contributed by atoms with van der Waals surface area (Å²) >= 11 is 0. The van der Waals surface area contributed by atoms with E-state index in [1.807, 2.05) is 6.07 Å². The third-order valence-electron chi connectivity index (χ3n) is 3.32. The van der Waals surface area contributed by atoms with Gasteiger partial charge in [-0.05, 0) is 23.6 Å². The van der Waals surface area contributed by atoms with E-state index in [-0.39, 0.29) is 6.61 Å². The second-order valence-corrected chi connectivity index (χ2v) is 4.85. The molecule has 2 aromatic rings. The fraction of sp³-hybridized carbons (Fsp3) is 0.294. The van der Waals surface area contributed by atoms with Crippen LogP contribution in [0.15, 0.2) is 54.6 Å². The Balaban J connectivity index is 2.06. The second kappa shape index (κ2) is 7.07. The Morgan fingerprint density at radius 3 is 2.26 bits per heavy atom. The highest BCUT2D eigenvalue weighted by Gasteiger charge is 2.07. The van der Waals surface area contributed by atoms with E-state index in [9.17, 15) is 5.11 Å². The molecule has 0 heterocycles. The molecule has 0 saturated carbocycles. The lowest BCUT2D eigenvalue weighted by atomic mass is 10.1. The fourth-order valence-corrected chi connectivity index (χ4v) is 2.23. The van der Waals surface area contributed by atoms with Gasteiger partial charge in [-0.2, -0.15) is 0 Å². The molecule has 0 saturated heterocycles. The molecule has 2 nitrogen and oxygen atoms in total. The van der Waals surface area contributed by atoms with Crippen molar-refractivity contribution in [3.05, 3.63) is 71.3 Å². The lowest BCUT2D eigenvalue weighted by molar-refractivity contribution is 0.184. The summed E-state index contributed by atoms with van der Waals surface area (Å²) in [6.45, 7) is 4.77. The molecule has 0 amide bonds. The van der Waals surface area contributed by atoms with Crippen LogP contribution >= 0.6 is 0 Å². The third-order valence-corrected chi connectivity index (χ3v) is 3.32. The molecule has 2 aromatic carbocycles. The average Bonchev–Trinajstić information content (AvgIpc) is 2.43. The van der Waals surface area contributed by atoms with E-state index >= 15 is 0 Å². The van der Waals surface area contributed by atoms with Gasteiger partial charge in [0.2, 0.25) is 0 Å². The highest BCUT2D eigenvalue weighted by atomic mass is 16.3. The predicted octanol–water partition coefficient (Wildman–Crippen LogP) is 2.99. The molecule has 100 valence electrons. The van der Waals surface area contributed by atoms with Gasteiger partial charge in [-0.1, -0.05) is 54.6 Å². The monoisotopic (exact) mass is 255 g/mol. The molecule has 2 rings (SSSR count). The van der Waals surface area contributed by atoms with Crippen LogP contribution in [0.5, 0.6) is 0 Å². The smallest absolute Gasteiger partial charge is 0.0558 e. The van der Waals surface area contributed by atoms with E-state index in [0.717, 1.165) is 13.1 Å². The van der Waals surface area contributed by atoms with Crippen molar-refractivity contribution in [3.63, 3.8) is 0 Å². The highest BCUT2D eigenvalue weighted by molar-refractivity contribution is 5.25. The number of aliphatic hydroxyl groups is 1. The number of hydrogen-bond donors (Lipinski definition) is 1. The minimum atomic E-state index is 0.193. The summed E-state index contributed by atoms with van der Waals surface area (Å²) in [7, 11) is 0. The van der Waals surface area contributed by atoms with Gasteiger partial charge < -0.3 is 5.11 Å². The van der Waals surface area contributed by atoms with Gasteiger partial charge in [-0.3, -0.25) is 4.90 Å². The maximum Gasteiger partial charge on any atom is 0.0558 e. The Labute approximate surface area is 115 Å². The van der Waals surface area contributed by atoms with Gasteiger partial charge >= 0.3 is 0 Å². The standard InChI is InChI=1S/C17H21NO/c1-15-7-5-6-10-17(15)14-18(11-12-19)13-16-8-3-2-4-9-16/h2-10,19H,11-14H2,1H3. The van der Waals surface area contributed by atoms with Crippen LogP contribution in [0.4, 0.5) is 0 Å². The van der Waals surface area contributed by atoms with Crippen LogP contribution in [0.2, 0.25) is 0 Å². The van der Waals surface area contributed by atoms with Gasteiger partial charge in [0.15, 0.2) is 0 Å². The van der Waals surface area contributed by atoms with Crippen LogP contribution in [0.1, 0.15) is 16.7 Å². The number of aliphatic hydroxyl groups excluding tert-OH is 1. The Morgan fingerprint density at radius 2 is 1.58 bits per heavy atom. The van der Waals surface area contributed by atoms with Crippen molar-refractivity contribution in [2.45, 2.75) is 20.0 Å². The van der Waals surface area contributed by atoms with Crippen molar-refractivity contribution in [3.8, 4) is 0 Å². The number of rotatable bonds is 6. The van der Waals surface area contributed by atoms with Crippen molar-refractivity contribution in [2.75, 3.05) is 13.2 Å². The van der Waals surface area contributed by atoms with Crippen LogP contribution in [0.3, 0.4) is 0 Å². The van der Waals surface area contributed by atoms with Crippen molar-refractivity contribution >= 4 is 0 Å². The Bertz CT molecular complexity index is 496. The largest absolute Gasteiger partial charge is 0.395 e. The molecule has 0 atom stereocenters. The second-order valence-electron chi connectivity index (χ2n) is 4.85. The molecule has 0 aromatic heterocycles. The molecule has 0 fully saturated rings. The van der Waals surface area contributed by atoms with Crippen molar-refractivity contribution < 1.29 is 5.11 Å². The molecule has 0 unspecified atom stereocenters. The molecule has 0 aliphatic carbocycles. The lowest BCUT2D eigenvalue weighted by Gasteiger charge is -2.22. The van der Waals surface area contributed by atoms with E-state index < -0.39 is 0 Å². The molecule has 1 N–H and O–H groups in total.